The van der Waals surface area contributed by atoms with Crippen molar-refractivity contribution in [2.75, 3.05) is 0 Å². The molecular formula is C18H13FN6O. The molecule has 0 aliphatic rings. The van der Waals surface area contributed by atoms with E-state index in [-0.39, 0.29) is 0 Å². The average molecular weight is 348 g/mol. The molecule has 0 N–H and O–H groups in total. The number of nitriles is 1. The molecule has 4 rings (SSSR count). The third-order valence-electron chi connectivity index (χ3n) is 3.89. The van der Waals surface area contributed by atoms with E-state index in [9.17, 15) is 9.65 Å². The van der Waals surface area contributed by atoms with E-state index in [0.717, 1.165) is 5.69 Å². The summed E-state index contributed by atoms with van der Waals surface area (Å²) in [5, 5.41) is 13.6. The van der Waals surface area contributed by atoms with Gasteiger partial charge in [-0.1, -0.05) is 0 Å². The zero-order chi connectivity index (χ0) is 18.1. The molecule has 0 atom stereocenters. The Balaban J connectivity index is 1.78. The predicted molar refractivity (Wildman–Crippen MR) is 90.6 cm³/mol. The van der Waals surface area contributed by atoms with Crippen LogP contribution in [0.25, 0.3) is 16.6 Å². The number of imidazole rings is 1. The molecule has 0 radical (unpaired) electrons. The summed E-state index contributed by atoms with van der Waals surface area (Å²) in [5.74, 6) is -0.0172. The summed E-state index contributed by atoms with van der Waals surface area (Å²) < 4.78 is 22.4. The van der Waals surface area contributed by atoms with Gasteiger partial charge in [0.1, 0.15) is 18.4 Å². The molecular weight excluding hydrogens is 335 g/mol. The van der Waals surface area contributed by atoms with Gasteiger partial charge in [0.25, 0.3) is 0 Å². The lowest BCUT2D eigenvalue weighted by atomic mass is 10.1. The van der Waals surface area contributed by atoms with Crippen LogP contribution >= 0.6 is 0 Å². The van der Waals surface area contributed by atoms with Gasteiger partial charge in [0.2, 0.25) is 5.95 Å². The summed E-state index contributed by atoms with van der Waals surface area (Å²) >= 11 is 0. The number of ether oxygens (including phenoxy) is 1. The quantitative estimate of drug-likeness (QED) is 0.530. The number of fused-ring (bicyclic) bond motifs is 1. The second-order valence-corrected chi connectivity index (χ2v) is 5.74. The zero-order valence-electron chi connectivity index (χ0n) is 13.8. The van der Waals surface area contributed by atoms with Crippen LogP contribution in [0.5, 0.6) is 5.75 Å². The van der Waals surface area contributed by atoms with Crippen LogP contribution in [0.1, 0.15) is 11.3 Å². The maximum absolute atomic E-state index is 13.2. The molecule has 0 saturated carbocycles. The summed E-state index contributed by atoms with van der Waals surface area (Å²) in [4.78, 5) is 7.92. The fourth-order valence-corrected chi connectivity index (χ4v) is 2.71. The minimum Gasteiger partial charge on any atom is -0.486 e. The molecule has 4 heterocycles. The van der Waals surface area contributed by atoms with E-state index in [1.165, 1.54) is 18.5 Å². The van der Waals surface area contributed by atoms with Crippen LogP contribution in [0.2, 0.25) is 0 Å². The first-order valence-electron chi connectivity index (χ1n) is 7.77. The minimum absolute atomic E-state index is 0.291. The number of hydrogen-bond acceptors (Lipinski definition) is 5. The maximum atomic E-state index is 13.2. The van der Waals surface area contributed by atoms with Gasteiger partial charge in [-0.15, -0.1) is 0 Å². The molecule has 0 spiro atoms. The Hall–Kier alpha value is -3.73. The van der Waals surface area contributed by atoms with Crippen LogP contribution in [0.15, 0.2) is 49.3 Å². The standard InChI is InChI=1S/C18H13FN6O/c1-24-8-14(22-11-24)10-26-15-4-16(12-2-3-17(19)21-6-12)18-13(5-20)7-23-25(18)9-15/h2-4,6-9,11H,10H2,1H3. The molecule has 0 aliphatic carbocycles. The zero-order valence-corrected chi connectivity index (χ0v) is 13.8. The summed E-state index contributed by atoms with van der Waals surface area (Å²) in [6.07, 6.45) is 8.16. The first-order valence-corrected chi connectivity index (χ1v) is 7.77. The van der Waals surface area contributed by atoms with Crippen molar-refractivity contribution in [3.63, 3.8) is 0 Å². The lowest BCUT2D eigenvalue weighted by molar-refractivity contribution is 0.300. The molecule has 0 unspecified atom stereocenters. The molecule has 4 aromatic rings. The van der Waals surface area contributed by atoms with Gasteiger partial charge in [0, 0.05) is 30.6 Å². The van der Waals surface area contributed by atoms with Crippen molar-refractivity contribution >= 4 is 5.52 Å². The predicted octanol–water partition coefficient (Wildman–Crippen LogP) is 2.72. The Morgan fingerprint density at radius 2 is 2.12 bits per heavy atom. The Labute approximate surface area is 147 Å². The van der Waals surface area contributed by atoms with Crippen LogP contribution in [-0.4, -0.2) is 24.1 Å². The number of pyridine rings is 2. The number of aryl methyl sites for hydroxylation is 1. The topological polar surface area (TPSA) is 81.0 Å². The van der Waals surface area contributed by atoms with E-state index in [2.05, 4.69) is 21.1 Å². The van der Waals surface area contributed by atoms with Crippen LogP contribution in [0.4, 0.5) is 4.39 Å². The van der Waals surface area contributed by atoms with Crippen molar-refractivity contribution < 1.29 is 9.13 Å². The summed E-state index contributed by atoms with van der Waals surface area (Å²) in [7, 11) is 1.88. The highest BCUT2D eigenvalue weighted by atomic mass is 19.1. The Bertz CT molecular complexity index is 1120. The first-order chi connectivity index (χ1) is 12.6. The van der Waals surface area contributed by atoms with E-state index in [0.29, 0.717) is 34.6 Å². The van der Waals surface area contributed by atoms with Gasteiger partial charge in [-0.3, -0.25) is 0 Å². The van der Waals surface area contributed by atoms with Crippen molar-refractivity contribution in [2.24, 2.45) is 7.05 Å². The summed E-state index contributed by atoms with van der Waals surface area (Å²) in [6, 6.07) is 6.79. The third kappa shape index (κ3) is 2.86. The van der Waals surface area contributed by atoms with E-state index in [1.54, 1.807) is 29.2 Å². The smallest absolute Gasteiger partial charge is 0.212 e. The Morgan fingerprint density at radius 1 is 1.23 bits per heavy atom. The molecule has 7 nitrogen and oxygen atoms in total. The van der Waals surface area contributed by atoms with Crippen molar-refractivity contribution in [1.82, 2.24) is 24.1 Å². The van der Waals surface area contributed by atoms with Crippen LogP contribution < -0.4 is 4.74 Å². The lowest BCUT2D eigenvalue weighted by Crippen LogP contribution is -1.99. The molecule has 8 heteroatoms. The van der Waals surface area contributed by atoms with E-state index in [4.69, 9.17) is 4.74 Å². The number of hydrogen-bond donors (Lipinski definition) is 0. The van der Waals surface area contributed by atoms with Crippen molar-refractivity contribution in [2.45, 2.75) is 6.61 Å². The van der Waals surface area contributed by atoms with E-state index < -0.39 is 5.95 Å². The SMILES string of the molecule is Cn1cnc(COc2cc(-c3ccc(F)nc3)c3c(C#N)cnn3c2)c1. The van der Waals surface area contributed by atoms with Gasteiger partial charge in [-0.25, -0.2) is 14.5 Å². The molecule has 4 aromatic heterocycles. The molecule has 0 amide bonds. The number of halogens is 1. The minimum atomic E-state index is -0.568. The summed E-state index contributed by atoms with van der Waals surface area (Å²) in [6.45, 7) is 0.291. The number of rotatable bonds is 4. The first kappa shape index (κ1) is 15.8. The molecule has 0 bridgehead atoms. The molecule has 128 valence electrons. The van der Waals surface area contributed by atoms with Crippen LogP contribution in [0, 0.1) is 17.3 Å². The molecule has 26 heavy (non-hydrogen) atoms. The van der Waals surface area contributed by atoms with Crippen molar-refractivity contribution in [1.29, 1.82) is 5.26 Å². The number of nitrogens with zero attached hydrogens (tertiary/aromatic N) is 6. The fourth-order valence-electron chi connectivity index (χ4n) is 2.71. The molecule has 0 fully saturated rings. The Kier molecular flexibility index (Phi) is 3.82. The molecule has 0 aromatic carbocycles. The molecule has 0 aliphatic heterocycles. The van der Waals surface area contributed by atoms with Crippen molar-refractivity contribution in [3.8, 4) is 22.9 Å². The molecule has 0 saturated heterocycles. The third-order valence-corrected chi connectivity index (χ3v) is 3.89. The largest absolute Gasteiger partial charge is 0.486 e. The van der Waals surface area contributed by atoms with Crippen molar-refractivity contribution in [3.05, 3.63) is 66.5 Å². The van der Waals surface area contributed by atoms with E-state index >= 15 is 0 Å². The second-order valence-electron chi connectivity index (χ2n) is 5.74. The van der Waals surface area contributed by atoms with Crippen LogP contribution in [0.3, 0.4) is 0 Å². The highest BCUT2D eigenvalue weighted by Crippen LogP contribution is 2.30. The van der Waals surface area contributed by atoms with Gasteiger partial charge in [0.15, 0.2) is 0 Å². The van der Waals surface area contributed by atoms with E-state index in [1.807, 2.05) is 17.8 Å². The van der Waals surface area contributed by atoms with Gasteiger partial charge in [-0.2, -0.15) is 14.8 Å². The normalized spacial score (nSPS) is 10.8. The van der Waals surface area contributed by atoms with Gasteiger partial charge >= 0.3 is 0 Å². The van der Waals surface area contributed by atoms with Gasteiger partial charge < -0.3 is 9.30 Å². The van der Waals surface area contributed by atoms with Gasteiger partial charge in [0.05, 0.1) is 35.5 Å². The highest BCUT2D eigenvalue weighted by molar-refractivity contribution is 5.84. The monoisotopic (exact) mass is 348 g/mol. The fraction of sp³-hybridized carbons (Fsp3) is 0.111. The highest BCUT2D eigenvalue weighted by Gasteiger charge is 2.14. The lowest BCUT2D eigenvalue weighted by Gasteiger charge is -2.10. The Morgan fingerprint density at radius 3 is 2.81 bits per heavy atom. The summed E-state index contributed by atoms with van der Waals surface area (Å²) in [5.41, 5.74) is 3.17. The maximum Gasteiger partial charge on any atom is 0.212 e. The van der Waals surface area contributed by atoms with Gasteiger partial charge in [-0.05, 0) is 18.2 Å². The average Bonchev–Trinajstić information content (AvgIpc) is 3.25. The number of aromatic nitrogens is 5. The second kappa shape index (κ2) is 6.29. The van der Waals surface area contributed by atoms with Crippen LogP contribution in [-0.2, 0) is 13.7 Å².